The van der Waals surface area contributed by atoms with Crippen LogP contribution in [0, 0.1) is 0 Å². The van der Waals surface area contributed by atoms with Crippen LogP contribution in [0.3, 0.4) is 0 Å². The first-order chi connectivity index (χ1) is 9.69. The van der Waals surface area contributed by atoms with Crippen molar-refractivity contribution in [1.29, 1.82) is 0 Å². The first-order valence-electron chi connectivity index (χ1n) is 6.82. The molecule has 0 fully saturated rings. The van der Waals surface area contributed by atoms with Gasteiger partial charge >= 0.3 is 0 Å². The van der Waals surface area contributed by atoms with Crippen molar-refractivity contribution < 1.29 is 0 Å². The zero-order valence-electron chi connectivity index (χ0n) is 11.7. The quantitative estimate of drug-likeness (QED) is 0.792. The number of pyridine rings is 1. The van der Waals surface area contributed by atoms with Gasteiger partial charge in [-0.2, -0.15) is 0 Å². The molecule has 0 aliphatic carbocycles. The SMILES string of the molecule is CC(C)c1cc(CN)cc(-n2cnc3ccccc32)n1. The third-order valence-corrected chi connectivity index (χ3v) is 3.42. The van der Waals surface area contributed by atoms with Crippen LogP contribution in [-0.4, -0.2) is 14.5 Å². The minimum atomic E-state index is 0.370. The molecule has 4 heteroatoms. The zero-order chi connectivity index (χ0) is 14.1. The van der Waals surface area contributed by atoms with Crippen molar-refractivity contribution in [2.75, 3.05) is 0 Å². The highest BCUT2D eigenvalue weighted by molar-refractivity contribution is 5.76. The highest BCUT2D eigenvalue weighted by Gasteiger charge is 2.09. The molecule has 20 heavy (non-hydrogen) atoms. The van der Waals surface area contributed by atoms with Gasteiger partial charge in [0.15, 0.2) is 0 Å². The van der Waals surface area contributed by atoms with E-state index in [1.54, 1.807) is 0 Å². The molecular weight excluding hydrogens is 248 g/mol. The second-order valence-corrected chi connectivity index (χ2v) is 5.22. The third kappa shape index (κ3) is 2.18. The van der Waals surface area contributed by atoms with Gasteiger partial charge in [0.25, 0.3) is 0 Å². The average Bonchev–Trinajstić information content (AvgIpc) is 2.90. The second kappa shape index (κ2) is 5.06. The Morgan fingerprint density at radius 2 is 2.00 bits per heavy atom. The molecular formula is C16H18N4. The number of imidazole rings is 1. The van der Waals surface area contributed by atoms with Crippen LogP contribution in [0.5, 0.6) is 0 Å². The van der Waals surface area contributed by atoms with E-state index in [1.165, 1.54) is 0 Å². The van der Waals surface area contributed by atoms with Crippen LogP contribution in [0.1, 0.15) is 31.0 Å². The largest absolute Gasteiger partial charge is 0.326 e. The molecule has 0 aliphatic rings. The standard InChI is InChI=1S/C16H18N4/c1-11(2)14-7-12(9-17)8-16(19-14)20-10-18-13-5-3-4-6-15(13)20/h3-8,10-11H,9,17H2,1-2H3. The molecule has 0 spiro atoms. The lowest BCUT2D eigenvalue weighted by Gasteiger charge is -2.11. The fourth-order valence-corrected chi connectivity index (χ4v) is 2.27. The van der Waals surface area contributed by atoms with Crippen LogP contribution < -0.4 is 5.73 Å². The number of rotatable bonds is 3. The number of hydrogen-bond donors (Lipinski definition) is 1. The van der Waals surface area contributed by atoms with Crippen molar-refractivity contribution in [3.05, 3.63) is 54.0 Å². The Hall–Kier alpha value is -2.20. The van der Waals surface area contributed by atoms with E-state index in [4.69, 9.17) is 10.7 Å². The van der Waals surface area contributed by atoms with Crippen molar-refractivity contribution in [2.24, 2.45) is 5.73 Å². The molecule has 3 rings (SSSR count). The Bertz CT molecular complexity index is 743. The normalized spacial score (nSPS) is 11.4. The highest BCUT2D eigenvalue weighted by Crippen LogP contribution is 2.20. The van der Waals surface area contributed by atoms with Gasteiger partial charge in [0.2, 0.25) is 0 Å². The van der Waals surface area contributed by atoms with Crippen LogP contribution in [-0.2, 0) is 6.54 Å². The number of nitrogens with zero attached hydrogens (tertiary/aromatic N) is 3. The van der Waals surface area contributed by atoms with Gasteiger partial charge in [-0.1, -0.05) is 26.0 Å². The van der Waals surface area contributed by atoms with Gasteiger partial charge in [-0.25, -0.2) is 9.97 Å². The molecule has 1 aromatic carbocycles. The number of aromatic nitrogens is 3. The molecule has 3 aromatic rings. The van der Waals surface area contributed by atoms with E-state index in [-0.39, 0.29) is 0 Å². The summed E-state index contributed by atoms with van der Waals surface area (Å²) in [7, 11) is 0. The van der Waals surface area contributed by atoms with E-state index in [1.807, 2.05) is 41.2 Å². The minimum Gasteiger partial charge on any atom is -0.326 e. The van der Waals surface area contributed by atoms with Crippen molar-refractivity contribution in [3.8, 4) is 5.82 Å². The third-order valence-electron chi connectivity index (χ3n) is 3.42. The topological polar surface area (TPSA) is 56.7 Å². The first kappa shape index (κ1) is 12.8. The molecule has 0 saturated heterocycles. The van der Waals surface area contributed by atoms with Crippen molar-refractivity contribution in [1.82, 2.24) is 14.5 Å². The maximum absolute atomic E-state index is 5.80. The van der Waals surface area contributed by atoms with Crippen LogP contribution in [0.4, 0.5) is 0 Å². The molecule has 0 bridgehead atoms. The number of fused-ring (bicyclic) bond motifs is 1. The molecule has 0 radical (unpaired) electrons. The van der Waals surface area contributed by atoms with E-state index in [2.05, 4.69) is 24.9 Å². The molecule has 2 N–H and O–H groups in total. The Morgan fingerprint density at radius 1 is 1.20 bits per heavy atom. The molecule has 0 saturated carbocycles. The van der Waals surface area contributed by atoms with Gasteiger partial charge in [0.05, 0.1) is 11.0 Å². The lowest BCUT2D eigenvalue weighted by molar-refractivity contribution is 0.804. The summed E-state index contributed by atoms with van der Waals surface area (Å²) in [5.74, 6) is 1.25. The van der Waals surface area contributed by atoms with Crippen LogP contribution >= 0.6 is 0 Å². The summed E-state index contributed by atoms with van der Waals surface area (Å²) in [4.78, 5) is 9.16. The molecule has 2 aromatic heterocycles. The van der Waals surface area contributed by atoms with E-state index in [0.717, 1.165) is 28.1 Å². The maximum Gasteiger partial charge on any atom is 0.138 e. The summed E-state index contributed by atoms with van der Waals surface area (Å²) in [6, 6.07) is 12.2. The number of hydrogen-bond acceptors (Lipinski definition) is 3. The molecule has 4 nitrogen and oxygen atoms in total. The van der Waals surface area contributed by atoms with Gasteiger partial charge in [-0.3, -0.25) is 4.57 Å². The summed E-state index contributed by atoms with van der Waals surface area (Å²) in [5.41, 5.74) is 9.98. The van der Waals surface area contributed by atoms with E-state index in [9.17, 15) is 0 Å². The summed E-state index contributed by atoms with van der Waals surface area (Å²) in [5, 5.41) is 0. The van der Waals surface area contributed by atoms with Gasteiger partial charge < -0.3 is 5.73 Å². The van der Waals surface area contributed by atoms with Gasteiger partial charge in [-0.05, 0) is 35.7 Å². The van der Waals surface area contributed by atoms with E-state index in [0.29, 0.717) is 12.5 Å². The average molecular weight is 266 g/mol. The Kier molecular flexibility index (Phi) is 3.24. The smallest absolute Gasteiger partial charge is 0.138 e. The lowest BCUT2D eigenvalue weighted by Crippen LogP contribution is -2.05. The molecule has 0 aliphatic heterocycles. The molecule has 0 unspecified atom stereocenters. The predicted octanol–water partition coefficient (Wildman–Crippen LogP) is 3.00. The molecule has 102 valence electrons. The predicted molar refractivity (Wildman–Crippen MR) is 80.8 cm³/mol. The van der Waals surface area contributed by atoms with Crippen LogP contribution in [0.25, 0.3) is 16.9 Å². The van der Waals surface area contributed by atoms with Crippen LogP contribution in [0.2, 0.25) is 0 Å². The number of nitrogens with two attached hydrogens (primary N) is 1. The Labute approximate surface area is 118 Å². The summed E-state index contributed by atoms with van der Waals surface area (Å²) in [6.07, 6.45) is 1.82. The van der Waals surface area contributed by atoms with Gasteiger partial charge in [-0.15, -0.1) is 0 Å². The summed E-state index contributed by atoms with van der Waals surface area (Å²) < 4.78 is 2.01. The summed E-state index contributed by atoms with van der Waals surface area (Å²) >= 11 is 0. The maximum atomic E-state index is 5.80. The fraction of sp³-hybridized carbons (Fsp3) is 0.250. The van der Waals surface area contributed by atoms with Gasteiger partial charge in [0.1, 0.15) is 12.1 Å². The molecule has 0 atom stereocenters. The lowest BCUT2D eigenvalue weighted by atomic mass is 10.1. The van der Waals surface area contributed by atoms with E-state index < -0.39 is 0 Å². The number of benzene rings is 1. The molecule has 0 amide bonds. The Morgan fingerprint density at radius 3 is 2.75 bits per heavy atom. The van der Waals surface area contributed by atoms with Crippen molar-refractivity contribution in [2.45, 2.75) is 26.3 Å². The van der Waals surface area contributed by atoms with Crippen molar-refractivity contribution >= 4 is 11.0 Å². The van der Waals surface area contributed by atoms with Gasteiger partial charge in [0, 0.05) is 12.2 Å². The minimum absolute atomic E-state index is 0.370. The number of para-hydroxylation sites is 2. The fourth-order valence-electron chi connectivity index (χ4n) is 2.27. The van der Waals surface area contributed by atoms with Crippen molar-refractivity contribution in [3.63, 3.8) is 0 Å². The first-order valence-corrected chi connectivity index (χ1v) is 6.82. The van der Waals surface area contributed by atoms with E-state index >= 15 is 0 Å². The molecule has 2 heterocycles. The second-order valence-electron chi connectivity index (χ2n) is 5.22. The summed E-state index contributed by atoms with van der Waals surface area (Å²) in [6.45, 7) is 4.79. The monoisotopic (exact) mass is 266 g/mol. The zero-order valence-corrected chi connectivity index (χ0v) is 11.7. The van der Waals surface area contributed by atoms with Crippen LogP contribution in [0.15, 0.2) is 42.7 Å². The highest BCUT2D eigenvalue weighted by atomic mass is 15.1. The Balaban J connectivity index is 2.20.